The van der Waals surface area contributed by atoms with Gasteiger partial charge in [0.25, 0.3) is 0 Å². The average Bonchev–Trinajstić information content (AvgIpc) is 3.26. The fraction of sp³-hybridized carbons (Fsp3) is 0.429. The minimum absolute atomic E-state index is 0.00319. The Morgan fingerprint density at radius 1 is 1.46 bits per heavy atom. The maximum absolute atomic E-state index is 14.3. The van der Waals surface area contributed by atoms with Crippen molar-refractivity contribution in [2.75, 3.05) is 33.4 Å². The fourth-order valence-corrected chi connectivity index (χ4v) is 4.17. The number of hydrogen-bond acceptors (Lipinski definition) is 5. The van der Waals surface area contributed by atoms with E-state index in [1.165, 1.54) is 13.2 Å². The molecule has 3 heterocycles. The Labute approximate surface area is 163 Å². The molecule has 2 atom stereocenters. The Hall–Kier alpha value is -2.51. The molecule has 2 aliphatic heterocycles. The number of hydrogen-bond donors (Lipinski definition) is 1. The predicted molar refractivity (Wildman–Crippen MR) is 101 cm³/mol. The smallest absolute Gasteiger partial charge is 0.230 e. The quantitative estimate of drug-likeness (QED) is 0.824. The maximum atomic E-state index is 14.3. The van der Waals surface area contributed by atoms with Crippen LogP contribution < -0.4 is 10.1 Å². The summed E-state index contributed by atoms with van der Waals surface area (Å²) in [5.74, 6) is 0.321. The minimum atomic E-state index is -0.578. The molecule has 1 amide bonds. The van der Waals surface area contributed by atoms with Crippen LogP contribution in [0.4, 0.5) is 4.39 Å². The number of nitrogens with zero attached hydrogens (tertiary/aromatic N) is 2. The number of halogens is 1. The van der Waals surface area contributed by atoms with Crippen molar-refractivity contribution < 1.29 is 18.7 Å². The van der Waals surface area contributed by atoms with Crippen molar-refractivity contribution in [3.63, 3.8) is 0 Å². The predicted octanol–water partition coefficient (Wildman–Crippen LogP) is 1.99. The molecule has 0 saturated carbocycles. The van der Waals surface area contributed by atoms with Crippen molar-refractivity contribution in [1.82, 2.24) is 15.2 Å². The van der Waals surface area contributed by atoms with Crippen molar-refractivity contribution in [2.45, 2.75) is 13.1 Å². The number of carbonyl (C=O) groups is 1. The molecule has 28 heavy (non-hydrogen) atoms. The van der Waals surface area contributed by atoms with Gasteiger partial charge in [-0.3, -0.25) is 14.7 Å². The molecule has 0 bridgehead atoms. The molecule has 4 rings (SSSR count). The van der Waals surface area contributed by atoms with Crippen LogP contribution >= 0.6 is 0 Å². The van der Waals surface area contributed by atoms with Gasteiger partial charge in [0, 0.05) is 56.1 Å². The largest absolute Gasteiger partial charge is 0.497 e. The van der Waals surface area contributed by atoms with Crippen LogP contribution in [0.15, 0.2) is 42.7 Å². The van der Waals surface area contributed by atoms with Gasteiger partial charge in [0.15, 0.2) is 0 Å². The number of benzene rings is 1. The fourth-order valence-electron chi connectivity index (χ4n) is 4.17. The van der Waals surface area contributed by atoms with Crippen molar-refractivity contribution in [1.29, 1.82) is 0 Å². The highest BCUT2D eigenvalue weighted by atomic mass is 19.1. The number of aromatic nitrogens is 1. The number of pyridine rings is 1. The highest BCUT2D eigenvalue weighted by molar-refractivity contribution is 5.84. The van der Waals surface area contributed by atoms with Crippen LogP contribution in [-0.4, -0.2) is 49.2 Å². The molecule has 148 valence electrons. The number of fused-ring (bicyclic) bond motifs is 1. The summed E-state index contributed by atoms with van der Waals surface area (Å²) in [6, 6.07) is 8.68. The third-order valence-electron chi connectivity index (χ3n) is 5.73. The Morgan fingerprint density at radius 2 is 2.36 bits per heavy atom. The first-order valence-corrected chi connectivity index (χ1v) is 9.40. The summed E-state index contributed by atoms with van der Waals surface area (Å²) < 4.78 is 25.0. The zero-order chi connectivity index (χ0) is 19.6. The molecule has 2 saturated heterocycles. The Bertz CT molecular complexity index is 848. The summed E-state index contributed by atoms with van der Waals surface area (Å²) in [5.41, 5.74) is 0.982. The van der Waals surface area contributed by atoms with Crippen LogP contribution in [0, 0.1) is 17.2 Å². The average molecular weight is 385 g/mol. The molecule has 2 aliphatic rings. The molecule has 6 nitrogen and oxygen atoms in total. The van der Waals surface area contributed by atoms with Gasteiger partial charge in [-0.2, -0.15) is 0 Å². The summed E-state index contributed by atoms with van der Waals surface area (Å²) in [4.78, 5) is 19.3. The number of ether oxygens (including phenoxy) is 2. The van der Waals surface area contributed by atoms with Gasteiger partial charge in [-0.15, -0.1) is 0 Å². The zero-order valence-corrected chi connectivity index (χ0v) is 15.9. The topological polar surface area (TPSA) is 63.7 Å². The van der Waals surface area contributed by atoms with E-state index in [0.717, 1.165) is 5.56 Å². The number of carbonyl (C=O) groups excluding carboxylic acids is 1. The second-order valence-corrected chi connectivity index (χ2v) is 7.54. The Morgan fingerprint density at radius 3 is 3.11 bits per heavy atom. The van der Waals surface area contributed by atoms with Crippen LogP contribution in [0.3, 0.4) is 0 Å². The van der Waals surface area contributed by atoms with Crippen LogP contribution in [0.1, 0.15) is 11.1 Å². The molecule has 1 N–H and O–H groups in total. The van der Waals surface area contributed by atoms with Gasteiger partial charge in [0.1, 0.15) is 11.6 Å². The highest BCUT2D eigenvalue weighted by Gasteiger charge is 2.55. The molecule has 0 aliphatic carbocycles. The summed E-state index contributed by atoms with van der Waals surface area (Å²) in [6.07, 6.45) is 3.45. The lowest BCUT2D eigenvalue weighted by Gasteiger charge is -2.26. The lowest BCUT2D eigenvalue weighted by molar-refractivity contribution is -0.131. The maximum Gasteiger partial charge on any atom is 0.230 e. The molecule has 1 aromatic heterocycles. The number of nitrogens with one attached hydrogen (secondary N) is 1. The third kappa shape index (κ3) is 3.59. The Balaban J connectivity index is 1.43. The van der Waals surface area contributed by atoms with Gasteiger partial charge in [0.2, 0.25) is 5.91 Å². The lowest BCUT2D eigenvalue weighted by atomic mass is 9.80. The van der Waals surface area contributed by atoms with Crippen LogP contribution in [0.25, 0.3) is 0 Å². The van der Waals surface area contributed by atoms with E-state index in [-0.39, 0.29) is 17.6 Å². The molecular formula is C21H24FN3O3. The van der Waals surface area contributed by atoms with Gasteiger partial charge in [-0.1, -0.05) is 12.1 Å². The first-order chi connectivity index (χ1) is 13.6. The molecule has 1 aromatic carbocycles. The number of likely N-dealkylation sites (tertiary alicyclic amines) is 1. The second kappa shape index (κ2) is 7.85. The van der Waals surface area contributed by atoms with Gasteiger partial charge < -0.3 is 14.8 Å². The molecule has 0 spiro atoms. The number of methoxy groups -OCH3 is 1. The molecule has 2 fully saturated rings. The van der Waals surface area contributed by atoms with E-state index in [2.05, 4.69) is 15.2 Å². The van der Waals surface area contributed by atoms with Crippen molar-refractivity contribution in [3.05, 3.63) is 59.7 Å². The van der Waals surface area contributed by atoms with Crippen molar-refractivity contribution >= 4 is 5.91 Å². The Kier molecular flexibility index (Phi) is 5.28. The first kappa shape index (κ1) is 18.8. The van der Waals surface area contributed by atoms with Crippen LogP contribution in [0.5, 0.6) is 5.75 Å². The van der Waals surface area contributed by atoms with E-state index < -0.39 is 5.41 Å². The highest BCUT2D eigenvalue weighted by Crippen LogP contribution is 2.42. The van der Waals surface area contributed by atoms with E-state index in [0.29, 0.717) is 50.7 Å². The third-order valence-corrected chi connectivity index (χ3v) is 5.73. The van der Waals surface area contributed by atoms with E-state index >= 15 is 0 Å². The summed E-state index contributed by atoms with van der Waals surface area (Å²) in [6.45, 7) is 3.13. The monoisotopic (exact) mass is 385 g/mol. The standard InChI is InChI=1S/C21H24FN3O3/c1-27-18-5-4-16(19(22)7-18)10-25-11-17-12-28-14-21(17,13-25)20(26)24-9-15-3-2-6-23-8-15/h2-8,17H,9-14H2,1H3,(H,24,26)/t17-,21-/m1/s1. The molecule has 2 aromatic rings. The SMILES string of the molecule is COc1ccc(CN2C[C@@H]3COC[C@]3(C(=O)NCc3cccnc3)C2)c(F)c1. The normalized spacial score (nSPS) is 24.1. The van der Waals surface area contributed by atoms with Crippen LogP contribution in [-0.2, 0) is 22.6 Å². The molecule has 0 radical (unpaired) electrons. The van der Waals surface area contributed by atoms with E-state index in [1.54, 1.807) is 24.5 Å². The molecule has 0 unspecified atom stereocenters. The van der Waals surface area contributed by atoms with E-state index in [4.69, 9.17) is 9.47 Å². The van der Waals surface area contributed by atoms with Crippen molar-refractivity contribution in [2.24, 2.45) is 11.3 Å². The lowest BCUT2D eigenvalue weighted by Crippen LogP contribution is -2.46. The molecule has 7 heteroatoms. The van der Waals surface area contributed by atoms with Gasteiger partial charge in [-0.25, -0.2) is 4.39 Å². The van der Waals surface area contributed by atoms with E-state index in [1.807, 2.05) is 12.1 Å². The number of rotatable bonds is 6. The van der Waals surface area contributed by atoms with E-state index in [9.17, 15) is 9.18 Å². The summed E-state index contributed by atoms with van der Waals surface area (Å²) in [5, 5.41) is 3.04. The van der Waals surface area contributed by atoms with Crippen LogP contribution in [0.2, 0.25) is 0 Å². The van der Waals surface area contributed by atoms with Crippen molar-refractivity contribution in [3.8, 4) is 5.75 Å². The summed E-state index contributed by atoms with van der Waals surface area (Å²) >= 11 is 0. The van der Waals surface area contributed by atoms with Gasteiger partial charge >= 0.3 is 0 Å². The second-order valence-electron chi connectivity index (χ2n) is 7.54. The number of amides is 1. The first-order valence-electron chi connectivity index (χ1n) is 9.40. The minimum Gasteiger partial charge on any atom is -0.497 e. The summed E-state index contributed by atoms with van der Waals surface area (Å²) in [7, 11) is 1.52. The zero-order valence-electron chi connectivity index (χ0n) is 15.9. The molecular weight excluding hydrogens is 361 g/mol. The van der Waals surface area contributed by atoms with Gasteiger partial charge in [-0.05, 0) is 17.7 Å². The van der Waals surface area contributed by atoms with Gasteiger partial charge in [0.05, 0.1) is 25.7 Å².